The second-order valence-electron chi connectivity index (χ2n) is 5.42. The van der Waals surface area contributed by atoms with Crippen molar-refractivity contribution in [3.05, 3.63) is 22.8 Å². The largest absolute Gasteiger partial charge is 0.373 e. The van der Waals surface area contributed by atoms with E-state index in [1.54, 1.807) is 0 Å². The first-order valence-electron chi connectivity index (χ1n) is 7.06. The van der Waals surface area contributed by atoms with Gasteiger partial charge in [0.15, 0.2) is 0 Å². The van der Waals surface area contributed by atoms with Gasteiger partial charge in [-0.15, -0.1) is 0 Å². The first-order valence-corrected chi connectivity index (χ1v) is 7.43. The molecule has 4 nitrogen and oxygen atoms in total. The van der Waals surface area contributed by atoms with Crippen LogP contribution < -0.4 is 5.32 Å². The average Bonchev–Trinajstić information content (AvgIpc) is 3.27. The molecule has 0 atom stereocenters. The fraction of sp³-hybridized carbons (Fsp3) is 0.643. The molecule has 0 bridgehead atoms. The molecular formula is C14H21ClN4. The number of rotatable bonds is 4. The molecule has 1 aromatic rings. The lowest BCUT2D eigenvalue weighted by Crippen LogP contribution is -2.46. The summed E-state index contributed by atoms with van der Waals surface area (Å²) in [7, 11) is 1.88. The molecule has 5 heteroatoms. The first kappa shape index (κ1) is 13.2. The van der Waals surface area contributed by atoms with E-state index in [0.717, 1.165) is 42.2 Å². The standard InChI is InChI=1S/C14H21ClN4/c1-16-14-5-4-12(15)13(17-14)10-18-6-8-19(9-7-18)11-2-3-11/h4-5,11H,2-3,6-10H2,1H3,(H,16,17). The lowest BCUT2D eigenvalue weighted by Gasteiger charge is -2.34. The monoisotopic (exact) mass is 280 g/mol. The lowest BCUT2D eigenvalue weighted by atomic mass is 10.2. The second-order valence-corrected chi connectivity index (χ2v) is 5.83. The number of nitrogens with zero attached hydrogens (tertiary/aromatic N) is 3. The van der Waals surface area contributed by atoms with E-state index >= 15 is 0 Å². The fourth-order valence-corrected chi connectivity index (χ4v) is 2.84. The Labute approximate surface area is 119 Å². The minimum absolute atomic E-state index is 0.767. The molecule has 1 N–H and O–H groups in total. The molecule has 0 aromatic carbocycles. The molecule has 104 valence electrons. The molecule has 3 rings (SSSR count). The maximum Gasteiger partial charge on any atom is 0.126 e. The Morgan fingerprint density at radius 1 is 1.26 bits per heavy atom. The summed E-state index contributed by atoms with van der Waals surface area (Å²) < 4.78 is 0. The highest BCUT2D eigenvalue weighted by atomic mass is 35.5. The van der Waals surface area contributed by atoms with Crippen LogP contribution in [0.3, 0.4) is 0 Å². The third-order valence-electron chi connectivity index (χ3n) is 4.02. The number of hydrogen-bond acceptors (Lipinski definition) is 4. The van der Waals surface area contributed by atoms with Gasteiger partial charge < -0.3 is 5.32 Å². The third-order valence-corrected chi connectivity index (χ3v) is 4.36. The molecule has 0 amide bonds. The fourth-order valence-electron chi connectivity index (χ4n) is 2.67. The van der Waals surface area contributed by atoms with Crippen molar-refractivity contribution in [2.75, 3.05) is 38.5 Å². The predicted molar refractivity (Wildman–Crippen MR) is 78.7 cm³/mol. The molecular weight excluding hydrogens is 260 g/mol. The van der Waals surface area contributed by atoms with Crippen molar-refractivity contribution in [3.8, 4) is 0 Å². The zero-order valence-corrected chi connectivity index (χ0v) is 12.2. The Kier molecular flexibility index (Phi) is 3.91. The highest BCUT2D eigenvalue weighted by Crippen LogP contribution is 2.28. The van der Waals surface area contributed by atoms with Gasteiger partial charge in [0.25, 0.3) is 0 Å². The molecule has 1 saturated heterocycles. The zero-order valence-electron chi connectivity index (χ0n) is 11.4. The van der Waals surface area contributed by atoms with Gasteiger partial charge in [-0.3, -0.25) is 9.80 Å². The Morgan fingerprint density at radius 3 is 2.63 bits per heavy atom. The van der Waals surface area contributed by atoms with Crippen LogP contribution in [0.25, 0.3) is 0 Å². The van der Waals surface area contributed by atoms with Gasteiger partial charge in [-0.25, -0.2) is 4.98 Å². The van der Waals surface area contributed by atoms with E-state index in [9.17, 15) is 0 Å². The summed E-state index contributed by atoms with van der Waals surface area (Å²) in [5.41, 5.74) is 0.980. The molecule has 1 saturated carbocycles. The first-order chi connectivity index (χ1) is 9.26. The van der Waals surface area contributed by atoms with E-state index in [4.69, 9.17) is 11.6 Å². The normalized spacial score (nSPS) is 21.6. The highest BCUT2D eigenvalue weighted by molar-refractivity contribution is 6.31. The Hall–Kier alpha value is -0.840. The molecule has 1 aliphatic heterocycles. The van der Waals surface area contributed by atoms with Crippen molar-refractivity contribution in [1.82, 2.24) is 14.8 Å². The van der Waals surface area contributed by atoms with Gasteiger partial charge in [0.05, 0.1) is 10.7 Å². The molecule has 2 fully saturated rings. The maximum absolute atomic E-state index is 6.23. The van der Waals surface area contributed by atoms with Crippen LogP contribution in [-0.2, 0) is 6.54 Å². The number of pyridine rings is 1. The van der Waals surface area contributed by atoms with Gasteiger partial charge in [0, 0.05) is 45.8 Å². The number of hydrogen-bond donors (Lipinski definition) is 1. The number of halogens is 1. The van der Waals surface area contributed by atoms with Crippen LogP contribution in [0, 0.1) is 0 Å². The van der Waals surface area contributed by atoms with Crippen LogP contribution in [0.1, 0.15) is 18.5 Å². The van der Waals surface area contributed by atoms with Crippen molar-refractivity contribution < 1.29 is 0 Å². The van der Waals surface area contributed by atoms with Crippen molar-refractivity contribution in [2.45, 2.75) is 25.4 Å². The summed E-state index contributed by atoms with van der Waals surface area (Å²) in [6.07, 6.45) is 2.80. The van der Waals surface area contributed by atoms with Gasteiger partial charge in [-0.05, 0) is 25.0 Å². The smallest absolute Gasteiger partial charge is 0.126 e. The molecule has 0 radical (unpaired) electrons. The van der Waals surface area contributed by atoms with Crippen LogP contribution in [-0.4, -0.2) is 54.1 Å². The molecule has 1 aromatic heterocycles. The summed E-state index contributed by atoms with van der Waals surface area (Å²) in [6, 6.07) is 4.73. The molecule has 0 unspecified atom stereocenters. The van der Waals surface area contributed by atoms with E-state index in [0.29, 0.717) is 0 Å². The van der Waals surface area contributed by atoms with Crippen molar-refractivity contribution in [1.29, 1.82) is 0 Å². The SMILES string of the molecule is CNc1ccc(Cl)c(CN2CCN(C3CC3)CC2)n1. The molecule has 19 heavy (non-hydrogen) atoms. The van der Waals surface area contributed by atoms with Crippen molar-refractivity contribution in [3.63, 3.8) is 0 Å². The number of piperazine rings is 1. The Bertz CT molecular complexity index is 439. The minimum Gasteiger partial charge on any atom is -0.373 e. The predicted octanol–water partition coefficient (Wildman–Crippen LogP) is 2.06. The number of aromatic nitrogens is 1. The topological polar surface area (TPSA) is 31.4 Å². The van der Waals surface area contributed by atoms with E-state index in [-0.39, 0.29) is 0 Å². The number of nitrogens with one attached hydrogen (secondary N) is 1. The van der Waals surface area contributed by atoms with E-state index in [1.165, 1.54) is 25.9 Å². The van der Waals surface area contributed by atoms with Crippen LogP contribution >= 0.6 is 11.6 Å². The van der Waals surface area contributed by atoms with E-state index < -0.39 is 0 Å². The summed E-state index contributed by atoms with van der Waals surface area (Å²) in [6.45, 7) is 5.48. The van der Waals surface area contributed by atoms with Gasteiger partial charge >= 0.3 is 0 Å². The molecule has 2 aliphatic rings. The van der Waals surface area contributed by atoms with Gasteiger partial charge in [-0.1, -0.05) is 11.6 Å². The Morgan fingerprint density at radius 2 is 2.00 bits per heavy atom. The summed E-state index contributed by atoms with van der Waals surface area (Å²) in [5, 5.41) is 3.83. The van der Waals surface area contributed by atoms with Crippen LogP contribution in [0.15, 0.2) is 12.1 Å². The van der Waals surface area contributed by atoms with Gasteiger partial charge in [-0.2, -0.15) is 0 Å². The Balaban J connectivity index is 1.59. The second kappa shape index (κ2) is 5.65. The van der Waals surface area contributed by atoms with Crippen LogP contribution in [0.4, 0.5) is 5.82 Å². The van der Waals surface area contributed by atoms with Crippen molar-refractivity contribution >= 4 is 17.4 Å². The number of anilines is 1. The van der Waals surface area contributed by atoms with Gasteiger partial charge in [0.2, 0.25) is 0 Å². The lowest BCUT2D eigenvalue weighted by molar-refractivity contribution is 0.120. The highest BCUT2D eigenvalue weighted by Gasteiger charge is 2.31. The van der Waals surface area contributed by atoms with E-state index in [1.807, 2.05) is 19.2 Å². The van der Waals surface area contributed by atoms with Crippen molar-refractivity contribution in [2.24, 2.45) is 0 Å². The average molecular weight is 281 g/mol. The molecule has 0 spiro atoms. The van der Waals surface area contributed by atoms with Crippen LogP contribution in [0.5, 0.6) is 0 Å². The molecule has 1 aliphatic carbocycles. The third kappa shape index (κ3) is 3.19. The van der Waals surface area contributed by atoms with Gasteiger partial charge in [0.1, 0.15) is 5.82 Å². The summed E-state index contributed by atoms with van der Waals surface area (Å²) >= 11 is 6.23. The summed E-state index contributed by atoms with van der Waals surface area (Å²) in [4.78, 5) is 9.62. The maximum atomic E-state index is 6.23. The minimum atomic E-state index is 0.767. The van der Waals surface area contributed by atoms with Crippen LogP contribution in [0.2, 0.25) is 5.02 Å². The zero-order chi connectivity index (χ0) is 13.2. The summed E-state index contributed by atoms with van der Waals surface area (Å²) in [5.74, 6) is 0.885. The molecule has 2 heterocycles. The quantitative estimate of drug-likeness (QED) is 0.915. The van der Waals surface area contributed by atoms with E-state index in [2.05, 4.69) is 20.1 Å².